The zero-order valence-corrected chi connectivity index (χ0v) is 11.8. The lowest BCUT2D eigenvalue weighted by molar-refractivity contribution is -0.137. The smallest absolute Gasteiger partial charge is 0.304 e. The Bertz CT molecular complexity index is 465. The van der Waals surface area contributed by atoms with Crippen molar-refractivity contribution in [3.8, 4) is 5.75 Å². The van der Waals surface area contributed by atoms with Crippen molar-refractivity contribution in [3.63, 3.8) is 0 Å². The van der Waals surface area contributed by atoms with Crippen LogP contribution in [0.1, 0.15) is 18.0 Å². The van der Waals surface area contributed by atoms with Crippen LogP contribution in [0.25, 0.3) is 0 Å². The van der Waals surface area contributed by atoms with Crippen LogP contribution in [0.5, 0.6) is 5.75 Å². The van der Waals surface area contributed by atoms with Gasteiger partial charge < -0.3 is 15.6 Å². The number of nitrogens with zero attached hydrogens (tertiary/aromatic N) is 1. The van der Waals surface area contributed by atoms with Crippen molar-refractivity contribution in [1.82, 2.24) is 4.90 Å². The normalized spacial score (nSPS) is 12.2. The summed E-state index contributed by atoms with van der Waals surface area (Å²) in [7, 11) is 3.38. The summed E-state index contributed by atoms with van der Waals surface area (Å²) in [5.74, 6) is -0.135. The van der Waals surface area contributed by atoms with Crippen LogP contribution in [0.15, 0.2) is 24.3 Å². The molecule has 19 heavy (non-hydrogen) atoms. The molecule has 0 saturated heterocycles. The van der Waals surface area contributed by atoms with E-state index in [0.717, 1.165) is 5.56 Å². The Labute approximate surface area is 118 Å². The fourth-order valence-corrected chi connectivity index (χ4v) is 2.16. The number of aliphatic carboxylic acids is 1. The Morgan fingerprint density at radius 2 is 2.26 bits per heavy atom. The number of methoxy groups -OCH3 is 1. The van der Waals surface area contributed by atoms with Gasteiger partial charge in [0.2, 0.25) is 0 Å². The van der Waals surface area contributed by atoms with Gasteiger partial charge in [-0.1, -0.05) is 24.4 Å². The predicted molar refractivity (Wildman–Crippen MR) is 77.4 cm³/mol. The van der Waals surface area contributed by atoms with Crippen LogP contribution in [0.3, 0.4) is 0 Å². The Morgan fingerprint density at radius 3 is 2.79 bits per heavy atom. The van der Waals surface area contributed by atoms with Crippen molar-refractivity contribution in [2.45, 2.75) is 12.5 Å². The molecule has 1 aromatic rings. The highest BCUT2D eigenvalue weighted by atomic mass is 32.1. The van der Waals surface area contributed by atoms with Crippen molar-refractivity contribution in [3.05, 3.63) is 29.8 Å². The molecule has 5 nitrogen and oxygen atoms in total. The van der Waals surface area contributed by atoms with Gasteiger partial charge in [-0.25, -0.2) is 0 Å². The van der Waals surface area contributed by atoms with E-state index in [4.69, 9.17) is 27.8 Å². The van der Waals surface area contributed by atoms with E-state index in [9.17, 15) is 4.79 Å². The predicted octanol–water partition coefficient (Wildman–Crippen LogP) is 1.43. The molecule has 0 amide bonds. The summed E-state index contributed by atoms with van der Waals surface area (Å²) in [5.41, 5.74) is 6.66. The first-order chi connectivity index (χ1) is 8.95. The maximum absolute atomic E-state index is 10.6. The van der Waals surface area contributed by atoms with Crippen molar-refractivity contribution >= 4 is 23.2 Å². The number of carboxylic acid groups (broad SMARTS) is 1. The Hall–Kier alpha value is -1.66. The molecule has 0 aromatic heterocycles. The van der Waals surface area contributed by atoms with Crippen LogP contribution in [0.4, 0.5) is 0 Å². The molecule has 1 unspecified atom stereocenters. The van der Waals surface area contributed by atoms with E-state index in [-0.39, 0.29) is 12.5 Å². The van der Waals surface area contributed by atoms with E-state index in [1.165, 1.54) is 0 Å². The summed E-state index contributed by atoms with van der Waals surface area (Å²) in [5, 5.41) is 8.72. The van der Waals surface area contributed by atoms with Gasteiger partial charge in [-0.15, -0.1) is 0 Å². The Morgan fingerprint density at radius 1 is 1.58 bits per heavy atom. The number of thiocarbonyl (C=S) groups is 1. The van der Waals surface area contributed by atoms with Gasteiger partial charge in [-0.2, -0.15) is 0 Å². The van der Waals surface area contributed by atoms with Crippen LogP contribution in [-0.2, 0) is 4.79 Å². The van der Waals surface area contributed by atoms with Crippen molar-refractivity contribution in [2.24, 2.45) is 5.73 Å². The minimum absolute atomic E-state index is 0.0413. The van der Waals surface area contributed by atoms with E-state index < -0.39 is 5.97 Å². The van der Waals surface area contributed by atoms with Gasteiger partial charge in [-0.3, -0.25) is 9.69 Å². The summed E-state index contributed by atoms with van der Waals surface area (Å²) in [4.78, 5) is 12.8. The first kappa shape index (κ1) is 15.4. The number of carbonyl (C=O) groups is 1. The Balaban J connectivity index is 2.92. The van der Waals surface area contributed by atoms with Crippen LogP contribution in [0.2, 0.25) is 0 Å². The van der Waals surface area contributed by atoms with Gasteiger partial charge in [-0.05, 0) is 24.7 Å². The molecule has 6 heteroatoms. The molecular weight excluding hydrogens is 264 g/mol. The minimum atomic E-state index is -0.848. The van der Waals surface area contributed by atoms with Gasteiger partial charge in [0, 0.05) is 6.54 Å². The molecule has 0 spiro atoms. The number of ether oxygens (including phenoxy) is 1. The van der Waals surface area contributed by atoms with E-state index in [0.29, 0.717) is 17.3 Å². The molecule has 0 saturated carbocycles. The number of hydrogen-bond donors (Lipinski definition) is 2. The topological polar surface area (TPSA) is 75.8 Å². The average molecular weight is 282 g/mol. The van der Waals surface area contributed by atoms with Gasteiger partial charge in [0.25, 0.3) is 0 Å². The van der Waals surface area contributed by atoms with Crippen molar-refractivity contribution < 1.29 is 14.6 Å². The molecule has 0 fully saturated rings. The minimum Gasteiger partial charge on any atom is -0.497 e. The molecule has 0 heterocycles. The molecule has 1 atom stereocenters. The zero-order valence-electron chi connectivity index (χ0n) is 11.0. The first-order valence-corrected chi connectivity index (χ1v) is 6.22. The quantitative estimate of drug-likeness (QED) is 0.737. The largest absolute Gasteiger partial charge is 0.497 e. The standard InChI is InChI=1S/C13H18N2O3S/c1-15(7-6-11(16)17)12(13(14)19)9-4-3-5-10(8-9)18-2/h3-5,8,12H,6-7H2,1-2H3,(H2,14,19)(H,16,17). The number of carboxylic acids is 1. The molecule has 0 radical (unpaired) electrons. The van der Waals surface area contributed by atoms with Crippen molar-refractivity contribution in [1.29, 1.82) is 0 Å². The number of nitrogens with two attached hydrogens (primary N) is 1. The molecular formula is C13H18N2O3S. The molecule has 0 aliphatic carbocycles. The van der Waals surface area contributed by atoms with Crippen LogP contribution < -0.4 is 10.5 Å². The van der Waals surface area contributed by atoms with Crippen LogP contribution in [0, 0.1) is 0 Å². The summed E-state index contributed by atoms with van der Waals surface area (Å²) < 4.78 is 5.17. The molecule has 3 N–H and O–H groups in total. The molecule has 0 aliphatic rings. The number of benzene rings is 1. The highest BCUT2D eigenvalue weighted by Crippen LogP contribution is 2.23. The summed E-state index contributed by atoms with van der Waals surface area (Å²) in [6.07, 6.45) is 0.0413. The van der Waals surface area contributed by atoms with E-state index in [1.807, 2.05) is 29.2 Å². The number of likely N-dealkylation sites (N-methyl/N-ethyl adjacent to an activating group) is 1. The van der Waals surface area contributed by atoms with Crippen LogP contribution >= 0.6 is 12.2 Å². The fraction of sp³-hybridized carbons (Fsp3) is 0.385. The van der Waals surface area contributed by atoms with E-state index in [1.54, 1.807) is 14.2 Å². The first-order valence-electron chi connectivity index (χ1n) is 5.81. The molecule has 104 valence electrons. The van der Waals surface area contributed by atoms with Gasteiger partial charge >= 0.3 is 5.97 Å². The zero-order chi connectivity index (χ0) is 14.4. The molecule has 0 aliphatic heterocycles. The second-order valence-electron chi connectivity index (χ2n) is 4.21. The third-order valence-electron chi connectivity index (χ3n) is 2.80. The van der Waals surface area contributed by atoms with Crippen molar-refractivity contribution in [2.75, 3.05) is 20.7 Å². The van der Waals surface area contributed by atoms with E-state index in [2.05, 4.69) is 0 Å². The third kappa shape index (κ3) is 4.50. The maximum atomic E-state index is 10.6. The average Bonchev–Trinajstić information content (AvgIpc) is 2.36. The summed E-state index contributed by atoms with van der Waals surface area (Å²) >= 11 is 5.08. The molecule has 1 rings (SSSR count). The third-order valence-corrected chi connectivity index (χ3v) is 3.02. The summed E-state index contributed by atoms with van der Waals surface area (Å²) in [6.45, 7) is 0.370. The highest BCUT2D eigenvalue weighted by Gasteiger charge is 2.20. The number of rotatable bonds is 7. The monoisotopic (exact) mass is 282 g/mol. The summed E-state index contributed by atoms with van der Waals surface area (Å²) in [6, 6.07) is 7.12. The number of hydrogen-bond acceptors (Lipinski definition) is 4. The molecule has 0 bridgehead atoms. The van der Waals surface area contributed by atoms with Gasteiger partial charge in [0.1, 0.15) is 5.75 Å². The SMILES string of the molecule is COc1cccc(C(C(N)=S)N(C)CCC(=O)O)c1. The lowest BCUT2D eigenvalue weighted by Crippen LogP contribution is -2.35. The maximum Gasteiger partial charge on any atom is 0.304 e. The molecule has 1 aromatic carbocycles. The van der Waals surface area contributed by atoms with Gasteiger partial charge in [0.15, 0.2) is 0 Å². The van der Waals surface area contributed by atoms with Gasteiger partial charge in [0.05, 0.1) is 24.6 Å². The fourth-order valence-electron chi connectivity index (χ4n) is 1.85. The van der Waals surface area contributed by atoms with Crippen LogP contribution in [-0.4, -0.2) is 41.7 Å². The second kappa shape index (κ2) is 7.06. The van der Waals surface area contributed by atoms with E-state index >= 15 is 0 Å². The second-order valence-corrected chi connectivity index (χ2v) is 4.68. The Kier molecular flexibility index (Phi) is 5.72. The highest BCUT2D eigenvalue weighted by molar-refractivity contribution is 7.80. The lowest BCUT2D eigenvalue weighted by atomic mass is 10.1. The lowest BCUT2D eigenvalue weighted by Gasteiger charge is -2.27.